The average molecular weight is 445 g/mol. The maximum atomic E-state index is 12.4. The van der Waals surface area contributed by atoms with Gasteiger partial charge in [-0.05, 0) is 49.9 Å². The van der Waals surface area contributed by atoms with E-state index in [1.165, 1.54) is 0 Å². The third kappa shape index (κ3) is 8.51. The van der Waals surface area contributed by atoms with Crippen LogP contribution in [0.3, 0.4) is 0 Å². The molecule has 0 aliphatic heterocycles. The molecule has 9 heteroatoms. The molecule has 8 nitrogen and oxygen atoms in total. The predicted octanol–water partition coefficient (Wildman–Crippen LogP) is 3.42. The number of hydrogen-bond donors (Lipinski definition) is 1. The minimum Gasteiger partial charge on any atom is -0.461 e. The molecule has 0 aromatic heterocycles. The molecule has 0 heterocycles. The maximum absolute atomic E-state index is 12.4. The molecule has 31 heavy (non-hydrogen) atoms. The summed E-state index contributed by atoms with van der Waals surface area (Å²) in [5.41, 5.74) is 0.691. The van der Waals surface area contributed by atoms with Crippen molar-refractivity contribution in [2.24, 2.45) is 0 Å². The number of carbonyl (C=O) groups excluding carboxylic acids is 4. The van der Waals surface area contributed by atoms with Gasteiger partial charge in [0.2, 0.25) is 6.79 Å². The molecule has 0 spiro atoms. The quantitative estimate of drug-likeness (QED) is 0.462. The lowest BCUT2D eigenvalue weighted by atomic mass is 10.2. The zero-order chi connectivity index (χ0) is 22.6. The minimum atomic E-state index is -1.07. The second-order valence-electron chi connectivity index (χ2n) is 6.50. The summed E-state index contributed by atoms with van der Waals surface area (Å²) >= 11 is 0.657. The number of esters is 2. The average Bonchev–Trinajstić information content (AvgIpc) is 2.77. The standard InChI is InChI=1S/C22H23NO7S/c1-15(2)30-21(26)18(23-19(24)16-9-5-3-6-10-16)13-31-22(27)29-14-28-20(25)17-11-7-4-8-12-17/h3-12,15,18H,13-14H2,1-2H3,(H,23,24)/t18-/m0/s1. The summed E-state index contributed by atoms with van der Waals surface area (Å²) in [5, 5.41) is 1.80. The molecule has 0 saturated heterocycles. The smallest absolute Gasteiger partial charge is 0.370 e. The van der Waals surface area contributed by atoms with E-state index in [0.717, 1.165) is 0 Å². The summed E-state index contributed by atoms with van der Waals surface area (Å²) in [5.74, 6) is -1.89. The number of thioether (sulfide) groups is 1. The van der Waals surface area contributed by atoms with Gasteiger partial charge in [-0.1, -0.05) is 36.4 Å². The van der Waals surface area contributed by atoms with Crippen LogP contribution in [0.4, 0.5) is 4.79 Å². The van der Waals surface area contributed by atoms with Crippen molar-refractivity contribution in [2.75, 3.05) is 12.5 Å². The van der Waals surface area contributed by atoms with Gasteiger partial charge in [0.15, 0.2) is 0 Å². The first-order valence-corrected chi connectivity index (χ1v) is 10.4. The number of carbonyl (C=O) groups is 4. The normalized spacial score (nSPS) is 11.3. The summed E-state index contributed by atoms with van der Waals surface area (Å²) in [7, 11) is 0. The van der Waals surface area contributed by atoms with Gasteiger partial charge in [-0.3, -0.25) is 4.79 Å². The van der Waals surface area contributed by atoms with Crippen molar-refractivity contribution < 1.29 is 33.4 Å². The van der Waals surface area contributed by atoms with E-state index in [4.69, 9.17) is 14.2 Å². The van der Waals surface area contributed by atoms with Crippen molar-refractivity contribution in [2.45, 2.75) is 26.0 Å². The zero-order valence-corrected chi connectivity index (χ0v) is 17.9. The monoisotopic (exact) mass is 445 g/mol. The third-order valence-corrected chi connectivity index (χ3v) is 4.58. The van der Waals surface area contributed by atoms with Crippen molar-refractivity contribution in [1.82, 2.24) is 5.32 Å². The molecule has 0 fully saturated rings. The highest BCUT2D eigenvalue weighted by molar-refractivity contribution is 8.13. The van der Waals surface area contributed by atoms with Crippen LogP contribution in [0.1, 0.15) is 34.6 Å². The molecule has 2 aromatic carbocycles. The SMILES string of the molecule is CC(C)OC(=O)[C@H](CSC(=O)OCOC(=O)c1ccccc1)NC(=O)c1ccccc1. The van der Waals surface area contributed by atoms with Crippen LogP contribution in [0, 0.1) is 0 Å². The van der Waals surface area contributed by atoms with Gasteiger partial charge in [-0.2, -0.15) is 0 Å². The Kier molecular flexibility index (Phi) is 9.57. The van der Waals surface area contributed by atoms with E-state index in [1.807, 2.05) is 0 Å². The number of amides is 1. The first-order chi connectivity index (χ1) is 14.9. The van der Waals surface area contributed by atoms with Gasteiger partial charge >= 0.3 is 17.2 Å². The highest BCUT2D eigenvalue weighted by Gasteiger charge is 2.25. The minimum absolute atomic E-state index is 0.115. The Morgan fingerprint density at radius 2 is 1.45 bits per heavy atom. The second-order valence-corrected chi connectivity index (χ2v) is 7.45. The van der Waals surface area contributed by atoms with E-state index in [9.17, 15) is 19.2 Å². The Morgan fingerprint density at radius 3 is 2.03 bits per heavy atom. The summed E-state index contributed by atoms with van der Waals surface area (Å²) in [6.07, 6.45) is -0.391. The van der Waals surface area contributed by atoms with Crippen LogP contribution >= 0.6 is 11.8 Å². The fraction of sp³-hybridized carbons (Fsp3) is 0.273. The summed E-state index contributed by atoms with van der Waals surface area (Å²) in [6.45, 7) is 2.78. The fourth-order valence-corrected chi connectivity index (χ4v) is 2.95. The lowest BCUT2D eigenvalue weighted by Crippen LogP contribution is -2.44. The number of benzene rings is 2. The molecular formula is C22H23NO7S. The van der Waals surface area contributed by atoms with Crippen LogP contribution < -0.4 is 5.32 Å². The predicted molar refractivity (Wildman–Crippen MR) is 115 cm³/mol. The van der Waals surface area contributed by atoms with Crippen LogP contribution in [0.15, 0.2) is 60.7 Å². The van der Waals surface area contributed by atoms with E-state index in [1.54, 1.807) is 74.5 Å². The van der Waals surface area contributed by atoms with Crippen LogP contribution in [0.5, 0.6) is 0 Å². The Balaban J connectivity index is 1.85. The molecule has 0 aliphatic carbocycles. The van der Waals surface area contributed by atoms with Crippen LogP contribution in [0.25, 0.3) is 0 Å². The van der Waals surface area contributed by atoms with Gasteiger partial charge in [-0.15, -0.1) is 0 Å². The van der Waals surface area contributed by atoms with Crippen LogP contribution in [0.2, 0.25) is 0 Å². The highest BCUT2D eigenvalue weighted by atomic mass is 32.2. The summed E-state index contributed by atoms with van der Waals surface area (Å²) in [6, 6.07) is 15.5. The molecule has 1 amide bonds. The van der Waals surface area contributed by atoms with Crippen molar-refractivity contribution >= 4 is 34.9 Å². The van der Waals surface area contributed by atoms with E-state index in [2.05, 4.69) is 5.32 Å². The topological polar surface area (TPSA) is 108 Å². The van der Waals surface area contributed by atoms with E-state index < -0.39 is 42.1 Å². The van der Waals surface area contributed by atoms with Gasteiger partial charge in [0.1, 0.15) is 6.04 Å². The van der Waals surface area contributed by atoms with Gasteiger partial charge in [0.25, 0.3) is 5.91 Å². The molecular weight excluding hydrogens is 422 g/mol. The highest BCUT2D eigenvalue weighted by Crippen LogP contribution is 2.11. The molecule has 164 valence electrons. The first-order valence-electron chi connectivity index (χ1n) is 9.45. The molecule has 0 bridgehead atoms. The molecule has 0 saturated carbocycles. The van der Waals surface area contributed by atoms with E-state index >= 15 is 0 Å². The largest absolute Gasteiger partial charge is 0.461 e. The lowest BCUT2D eigenvalue weighted by Gasteiger charge is -2.18. The second kappa shape index (κ2) is 12.4. The van der Waals surface area contributed by atoms with Gasteiger partial charge in [0.05, 0.1) is 11.7 Å². The van der Waals surface area contributed by atoms with Crippen molar-refractivity contribution in [3.8, 4) is 0 Å². The fourth-order valence-electron chi connectivity index (χ4n) is 2.30. The van der Waals surface area contributed by atoms with Gasteiger partial charge in [0, 0.05) is 11.3 Å². The van der Waals surface area contributed by atoms with Crippen molar-refractivity contribution in [1.29, 1.82) is 0 Å². The molecule has 0 radical (unpaired) electrons. The molecule has 1 N–H and O–H groups in total. The number of rotatable bonds is 9. The Bertz CT molecular complexity index is 887. The Hall–Kier alpha value is -3.33. The summed E-state index contributed by atoms with van der Waals surface area (Å²) < 4.78 is 14.9. The first kappa shape index (κ1) is 23.9. The maximum Gasteiger partial charge on any atom is 0.370 e. The van der Waals surface area contributed by atoms with Crippen molar-refractivity contribution in [3.05, 3.63) is 71.8 Å². The van der Waals surface area contributed by atoms with Crippen molar-refractivity contribution in [3.63, 3.8) is 0 Å². The Morgan fingerprint density at radius 1 is 0.871 bits per heavy atom. The molecule has 1 atom stereocenters. The number of ether oxygens (including phenoxy) is 3. The van der Waals surface area contributed by atoms with E-state index in [-0.39, 0.29) is 5.75 Å². The number of hydrogen-bond acceptors (Lipinski definition) is 8. The van der Waals surface area contributed by atoms with Crippen LogP contribution in [-0.2, 0) is 19.0 Å². The van der Waals surface area contributed by atoms with E-state index in [0.29, 0.717) is 22.9 Å². The van der Waals surface area contributed by atoms with Gasteiger partial charge in [-0.25, -0.2) is 14.4 Å². The zero-order valence-electron chi connectivity index (χ0n) is 17.1. The Labute approximate surface area is 184 Å². The van der Waals surface area contributed by atoms with Gasteiger partial charge < -0.3 is 19.5 Å². The molecule has 0 unspecified atom stereocenters. The lowest BCUT2D eigenvalue weighted by molar-refractivity contribution is -0.149. The molecule has 2 aromatic rings. The van der Waals surface area contributed by atoms with Crippen LogP contribution in [-0.4, -0.2) is 47.8 Å². The third-order valence-electron chi connectivity index (χ3n) is 3.72. The number of nitrogens with one attached hydrogen (secondary N) is 1. The summed E-state index contributed by atoms with van der Waals surface area (Å²) in [4.78, 5) is 48.5. The molecule has 0 aliphatic rings. The molecule has 2 rings (SSSR count).